The van der Waals surface area contributed by atoms with E-state index in [1.54, 1.807) is 12.1 Å². The summed E-state index contributed by atoms with van der Waals surface area (Å²) < 4.78 is 0. The lowest BCUT2D eigenvalue weighted by molar-refractivity contribution is -0.114. The number of nitrogens with one attached hydrogen (secondary N) is 2. The molecule has 2 rings (SSSR count). The lowest BCUT2D eigenvalue weighted by Crippen LogP contribution is -2.31. The van der Waals surface area contributed by atoms with Crippen molar-refractivity contribution in [1.82, 2.24) is 5.32 Å². The zero-order valence-electron chi connectivity index (χ0n) is 11.5. The van der Waals surface area contributed by atoms with E-state index in [0.717, 1.165) is 19.3 Å². The smallest absolute Gasteiger partial charge is 0.261 e. The Bertz CT molecular complexity index is 487. The second-order valence-corrected chi connectivity index (χ2v) is 6.27. The maximum atomic E-state index is 12.0. The molecular weight excluding hydrogens is 276 g/mol. The third-order valence-electron chi connectivity index (χ3n) is 3.70. The summed E-state index contributed by atoms with van der Waals surface area (Å²) in [5.74, 6) is 0.429. The molecule has 20 heavy (non-hydrogen) atoms. The lowest BCUT2D eigenvalue weighted by atomic mass is 9.97. The van der Waals surface area contributed by atoms with Gasteiger partial charge in [0.2, 0.25) is 5.91 Å². The molecule has 2 unspecified atom stereocenters. The molecule has 2 atom stereocenters. The van der Waals surface area contributed by atoms with Crippen LogP contribution in [0.15, 0.2) is 12.1 Å². The molecule has 1 aromatic heterocycles. The van der Waals surface area contributed by atoms with E-state index in [1.165, 1.54) is 18.3 Å². The number of hydrogen-bond donors (Lipinski definition) is 3. The number of aliphatic hydroxyl groups is 1. The second-order valence-electron chi connectivity index (χ2n) is 5.19. The first-order chi connectivity index (χ1) is 9.60. The predicted octanol–water partition coefficient (Wildman–Crippen LogP) is 1.84. The molecule has 2 amide bonds. The zero-order valence-corrected chi connectivity index (χ0v) is 12.3. The standard InChI is InChI=1S/C14H20N2O3S/c1-9(18)16-13-6-5-12(20-13)14(19)15-7-10-3-2-4-11(10)8-17/h5-6,10-11,17H,2-4,7-8H2,1H3,(H,15,19)(H,16,18). The van der Waals surface area contributed by atoms with Crippen molar-refractivity contribution in [3.05, 3.63) is 17.0 Å². The molecular formula is C14H20N2O3S. The van der Waals surface area contributed by atoms with Crippen LogP contribution >= 0.6 is 11.3 Å². The number of anilines is 1. The number of thiophene rings is 1. The number of hydrogen-bond acceptors (Lipinski definition) is 4. The van der Waals surface area contributed by atoms with Gasteiger partial charge in [-0.25, -0.2) is 0 Å². The van der Waals surface area contributed by atoms with E-state index in [-0.39, 0.29) is 18.4 Å². The van der Waals surface area contributed by atoms with Crippen molar-refractivity contribution in [2.45, 2.75) is 26.2 Å². The predicted molar refractivity (Wildman–Crippen MR) is 78.9 cm³/mol. The highest BCUT2D eigenvalue weighted by atomic mass is 32.1. The summed E-state index contributed by atoms with van der Waals surface area (Å²) in [6.07, 6.45) is 3.23. The molecule has 0 bridgehead atoms. The minimum atomic E-state index is -0.143. The van der Waals surface area contributed by atoms with E-state index >= 15 is 0 Å². The topological polar surface area (TPSA) is 78.4 Å². The summed E-state index contributed by atoms with van der Waals surface area (Å²) >= 11 is 1.26. The third-order valence-corrected chi connectivity index (χ3v) is 4.70. The normalized spacial score (nSPS) is 21.7. The maximum Gasteiger partial charge on any atom is 0.261 e. The number of rotatable bonds is 5. The van der Waals surface area contributed by atoms with Crippen molar-refractivity contribution >= 4 is 28.2 Å². The van der Waals surface area contributed by atoms with Crippen LogP contribution < -0.4 is 10.6 Å². The summed E-state index contributed by atoms with van der Waals surface area (Å²) in [6, 6.07) is 3.44. The highest BCUT2D eigenvalue weighted by Gasteiger charge is 2.26. The second kappa shape index (κ2) is 6.85. The summed E-state index contributed by atoms with van der Waals surface area (Å²) in [5, 5.41) is 15.5. The average molecular weight is 296 g/mol. The van der Waals surface area contributed by atoms with Crippen molar-refractivity contribution in [1.29, 1.82) is 0 Å². The Balaban J connectivity index is 1.85. The molecule has 1 aliphatic rings. The van der Waals surface area contributed by atoms with Gasteiger partial charge in [-0.05, 0) is 36.8 Å². The lowest BCUT2D eigenvalue weighted by Gasteiger charge is -2.17. The molecule has 5 nitrogen and oxygen atoms in total. The van der Waals surface area contributed by atoms with Gasteiger partial charge in [-0.1, -0.05) is 6.42 Å². The Labute approximate surface area is 122 Å². The molecule has 0 aromatic carbocycles. The van der Waals surface area contributed by atoms with E-state index in [1.807, 2.05) is 0 Å². The Morgan fingerprint density at radius 3 is 2.80 bits per heavy atom. The molecule has 0 spiro atoms. The maximum absolute atomic E-state index is 12.0. The molecule has 0 saturated heterocycles. The van der Waals surface area contributed by atoms with Gasteiger partial charge in [0.1, 0.15) is 0 Å². The van der Waals surface area contributed by atoms with E-state index in [4.69, 9.17) is 0 Å². The molecule has 1 fully saturated rings. The van der Waals surface area contributed by atoms with E-state index < -0.39 is 0 Å². The van der Waals surface area contributed by atoms with Gasteiger partial charge < -0.3 is 15.7 Å². The molecule has 3 N–H and O–H groups in total. The van der Waals surface area contributed by atoms with Crippen LogP contribution in [0.3, 0.4) is 0 Å². The molecule has 1 heterocycles. The Kier molecular flexibility index (Phi) is 5.14. The van der Waals surface area contributed by atoms with Gasteiger partial charge in [-0.15, -0.1) is 11.3 Å². The van der Waals surface area contributed by atoms with Crippen molar-refractivity contribution in [2.24, 2.45) is 11.8 Å². The number of aliphatic hydroxyl groups excluding tert-OH is 1. The van der Waals surface area contributed by atoms with Crippen LogP contribution in [0.2, 0.25) is 0 Å². The molecule has 110 valence electrons. The first-order valence-electron chi connectivity index (χ1n) is 6.86. The number of carbonyl (C=O) groups is 2. The van der Waals surface area contributed by atoms with Crippen molar-refractivity contribution in [3.63, 3.8) is 0 Å². The van der Waals surface area contributed by atoms with Gasteiger partial charge in [0.15, 0.2) is 0 Å². The van der Waals surface area contributed by atoms with Crippen molar-refractivity contribution < 1.29 is 14.7 Å². The molecule has 0 radical (unpaired) electrons. The molecule has 1 aromatic rings. The molecule has 6 heteroatoms. The van der Waals surface area contributed by atoms with Gasteiger partial charge in [-0.2, -0.15) is 0 Å². The first kappa shape index (κ1) is 15.0. The summed E-state index contributed by atoms with van der Waals surface area (Å²) in [7, 11) is 0. The minimum Gasteiger partial charge on any atom is -0.396 e. The Morgan fingerprint density at radius 1 is 1.35 bits per heavy atom. The minimum absolute atomic E-state index is 0.116. The fraction of sp³-hybridized carbons (Fsp3) is 0.571. The highest BCUT2D eigenvalue weighted by molar-refractivity contribution is 7.18. The average Bonchev–Trinajstić information content (AvgIpc) is 3.03. The van der Waals surface area contributed by atoms with Crippen LogP contribution in [0.1, 0.15) is 35.9 Å². The van der Waals surface area contributed by atoms with E-state index in [9.17, 15) is 14.7 Å². The molecule has 1 aliphatic carbocycles. The van der Waals surface area contributed by atoms with Gasteiger partial charge in [0, 0.05) is 20.1 Å². The fourth-order valence-corrected chi connectivity index (χ4v) is 3.50. The van der Waals surface area contributed by atoms with Crippen molar-refractivity contribution in [3.8, 4) is 0 Å². The van der Waals surface area contributed by atoms with Gasteiger partial charge >= 0.3 is 0 Å². The van der Waals surface area contributed by atoms with Crippen molar-refractivity contribution in [2.75, 3.05) is 18.5 Å². The van der Waals surface area contributed by atoms with Gasteiger partial charge in [0.25, 0.3) is 5.91 Å². The Hall–Kier alpha value is -1.40. The summed E-state index contributed by atoms with van der Waals surface area (Å²) in [6.45, 7) is 2.25. The first-order valence-corrected chi connectivity index (χ1v) is 7.68. The number of carbonyl (C=O) groups excluding carboxylic acids is 2. The van der Waals surface area contributed by atoms with E-state index in [0.29, 0.717) is 28.3 Å². The quantitative estimate of drug-likeness (QED) is 0.776. The van der Waals surface area contributed by atoms with Gasteiger partial charge in [-0.3, -0.25) is 9.59 Å². The highest BCUT2D eigenvalue weighted by Crippen LogP contribution is 2.30. The van der Waals surface area contributed by atoms with Crippen LogP contribution in [-0.2, 0) is 4.79 Å². The monoisotopic (exact) mass is 296 g/mol. The third kappa shape index (κ3) is 3.80. The van der Waals surface area contributed by atoms with Crippen LogP contribution in [0.4, 0.5) is 5.00 Å². The summed E-state index contributed by atoms with van der Waals surface area (Å²) in [4.78, 5) is 23.5. The largest absolute Gasteiger partial charge is 0.396 e. The van der Waals surface area contributed by atoms with Crippen LogP contribution in [-0.4, -0.2) is 30.1 Å². The molecule has 0 aliphatic heterocycles. The van der Waals surface area contributed by atoms with Crippen LogP contribution in [0.25, 0.3) is 0 Å². The van der Waals surface area contributed by atoms with E-state index in [2.05, 4.69) is 10.6 Å². The van der Waals surface area contributed by atoms with Crippen LogP contribution in [0.5, 0.6) is 0 Å². The Morgan fingerprint density at radius 2 is 2.10 bits per heavy atom. The SMILES string of the molecule is CC(=O)Nc1ccc(C(=O)NCC2CCCC2CO)s1. The molecule has 1 saturated carbocycles. The number of amides is 2. The summed E-state index contributed by atoms with van der Waals surface area (Å²) in [5.41, 5.74) is 0. The van der Waals surface area contributed by atoms with Crippen LogP contribution in [0, 0.1) is 11.8 Å². The zero-order chi connectivity index (χ0) is 14.5. The fourth-order valence-electron chi connectivity index (χ4n) is 2.63. The van der Waals surface area contributed by atoms with Gasteiger partial charge in [0.05, 0.1) is 9.88 Å².